The lowest BCUT2D eigenvalue weighted by Crippen LogP contribution is -2.43. The maximum Gasteiger partial charge on any atom is 0.328 e. The Hall–Kier alpha value is -1.99. The highest BCUT2D eigenvalue weighted by Crippen LogP contribution is 2.32. The number of hydrogen-bond acceptors (Lipinski definition) is 4. The van der Waals surface area contributed by atoms with Crippen molar-refractivity contribution in [1.82, 2.24) is 5.32 Å². The summed E-state index contributed by atoms with van der Waals surface area (Å²) in [6.45, 7) is 0.894. The van der Waals surface area contributed by atoms with Gasteiger partial charge in [0.05, 0.1) is 11.5 Å². The molecule has 0 bridgehead atoms. The first-order chi connectivity index (χ1) is 9.45. The highest BCUT2D eigenvalue weighted by molar-refractivity contribution is 7.21. The van der Waals surface area contributed by atoms with Gasteiger partial charge in [0.1, 0.15) is 5.82 Å². The smallest absolute Gasteiger partial charge is 0.328 e. The number of aliphatic hydroxyl groups excluding tert-OH is 1. The minimum atomic E-state index is -1.38. The lowest BCUT2D eigenvalue weighted by atomic mass is 10.1. The van der Waals surface area contributed by atoms with Crippen LogP contribution in [0.4, 0.5) is 4.39 Å². The zero-order valence-electron chi connectivity index (χ0n) is 10.5. The van der Waals surface area contributed by atoms with Gasteiger partial charge in [-0.05, 0) is 24.6 Å². The number of carbonyl (C=O) groups excluding carboxylic acids is 1. The SMILES string of the molecule is Cc1c(C(=O)N[C@H](CO)C(=O)O)sc2cccc(F)c12. The van der Waals surface area contributed by atoms with Gasteiger partial charge in [0, 0.05) is 10.1 Å². The van der Waals surface area contributed by atoms with Crippen molar-refractivity contribution >= 4 is 33.3 Å². The number of carboxylic acids is 1. The summed E-state index contributed by atoms with van der Waals surface area (Å²) in [5.74, 6) is -2.39. The van der Waals surface area contributed by atoms with E-state index in [1.807, 2.05) is 0 Å². The number of hydrogen-bond donors (Lipinski definition) is 3. The molecule has 0 aliphatic heterocycles. The molecule has 1 aromatic heterocycles. The van der Waals surface area contributed by atoms with E-state index in [-0.39, 0.29) is 4.88 Å². The van der Waals surface area contributed by atoms with E-state index in [9.17, 15) is 14.0 Å². The van der Waals surface area contributed by atoms with Gasteiger partial charge in [0.2, 0.25) is 0 Å². The van der Waals surface area contributed by atoms with Crippen molar-refractivity contribution in [1.29, 1.82) is 0 Å². The molecule has 0 saturated heterocycles. The molecular formula is C13H12FNO4S. The molecule has 2 rings (SSSR count). The Morgan fingerprint density at radius 2 is 2.15 bits per heavy atom. The molecule has 0 spiro atoms. The maximum absolute atomic E-state index is 13.7. The molecule has 0 radical (unpaired) electrons. The van der Waals surface area contributed by atoms with Gasteiger partial charge in [-0.1, -0.05) is 6.07 Å². The third-order valence-corrected chi connectivity index (χ3v) is 4.15. The standard InChI is InChI=1S/C13H12FNO4S/c1-6-10-7(14)3-2-4-9(10)20-11(6)12(17)15-8(5-16)13(18)19/h2-4,8,16H,5H2,1H3,(H,15,17)(H,18,19)/t8-/m1/s1. The first-order valence-electron chi connectivity index (χ1n) is 5.77. The molecule has 0 aliphatic carbocycles. The average Bonchev–Trinajstić information content (AvgIpc) is 2.74. The van der Waals surface area contributed by atoms with Gasteiger partial charge in [-0.15, -0.1) is 11.3 Å². The molecule has 7 heteroatoms. The molecule has 20 heavy (non-hydrogen) atoms. The third-order valence-electron chi connectivity index (χ3n) is 2.90. The quantitative estimate of drug-likeness (QED) is 0.798. The van der Waals surface area contributed by atoms with Gasteiger partial charge in [-0.25, -0.2) is 9.18 Å². The molecule has 1 aromatic carbocycles. The van der Waals surface area contributed by atoms with Crippen LogP contribution in [0.1, 0.15) is 15.2 Å². The van der Waals surface area contributed by atoms with Crippen LogP contribution in [0.15, 0.2) is 18.2 Å². The fraction of sp³-hybridized carbons (Fsp3) is 0.231. The van der Waals surface area contributed by atoms with Crippen molar-refractivity contribution < 1.29 is 24.2 Å². The summed E-state index contributed by atoms with van der Waals surface area (Å²) in [5, 5.41) is 20.2. The number of benzene rings is 1. The summed E-state index contributed by atoms with van der Waals surface area (Å²) in [7, 11) is 0. The van der Waals surface area contributed by atoms with E-state index in [0.29, 0.717) is 15.6 Å². The Balaban J connectivity index is 2.38. The molecule has 0 aliphatic rings. The molecule has 1 amide bonds. The third kappa shape index (κ3) is 2.50. The Morgan fingerprint density at radius 3 is 2.70 bits per heavy atom. The van der Waals surface area contributed by atoms with Crippen molar-refractivity contribution in [3.8, 4) is 0 Å². The zero-order valence-corrected chi connectivity index (χ0v) is 11.3. The molecule has 2 aromatic rings. The van der Waals surface area contributed by atoms with Crippen LogP contribution in [0.5, 0.6) is 0 Å². The minimum absolute atomic E-state index is 0.241. The maximum atomic E-state index is 13.7. The van der Waals surface area contributed by atoms with Crippen molar-refractivity contribution in [3.05, 3.63) is 34.5 Å². The number of aliphatic hydroxyl groups is 1. The van der Waals surface area contributed by atoms with E-state index in [2.05, 4.69) is 5.32 Å². The van der Waals surface area contributed by atoms with Gasteiger partial charge in [-0.2, -0.15) is 0 Å². The summed E-state index contributed by atoms with van der Waals surface area (Å²) < 4.78 is 14.3. The lowest BCUT2D eigenvalue weighted by Gasteiger charge is -2.10. The fourth-order valence-corrected chi connectivity index (χ4v) is 3.01. The van der Waals surface area contributed by atoms with E-state index in [1.165, 1.54) is 6.07 Å². The van der Waals surface area contributed by atoms with Crippen molar-refractivity contribution in [3.63, 3.8) is 0 Å². The predicted molar refractivity (Wildman–Crippen MR) is 72.5 cm³/mol. The van der Waals surface area contributed by atoms with Gasteiger partial charge >= 0.3 is 5.97 Å². The van der Waals surface area contributed by atoms with E-state index in [1.54, 1.807) is 19.1 Å². The Bertz CT molecular complexity index is 682. The number of aliphatic carboxylic acids is 1. The minimum Gasteiger partial charge on any atom is -0.480 e. The van der Waals surface area contributed by atoms with Gasteiger partial charge in [-0.3, -0.25) is 4.79 Å². The van der Waals surface area contributed by atoms with Crippen LogP contribution in [-0.4, -0.2) is 34.7 Å². The highest BCUT2D eigenvalue weighted by atomic mass is 32.1. The van der Waals surface area contributed by atoms with E-state index in [4.69, 9.17) is 10.2 Å². The number of amides is 1. The van der Waals surface area contributed by atoms with Gasteiger partial charge < -0.3 is 15.5 Å². The molecule has 0 fully saturated rings. The second-order valence-corrected chi connectivity index (χ2v) is 5.27. The lowest BCUT2D eigenvalue weighted by molar-refractivity contribution is -0.140. The Morgan fingerprint density at radius 1 is 1.45 bits per heavy atom. The summed E-state index contributed by atoms with van der Waals surface area (Å²) in [4.78, 5) is 23.0. The molecule has 3 N–H and O–H groups in total. The fourth-order valence-electron chi connectivity index (χ4n) is 1.88. The van der Waals surface area contributed by atoms with Crippen LogP contribution in [-0.2, 0) is 4.79 Å². The van der Waals surface area contributed by atoms with Crippen LogP contribution in [0, 0.1) is 12.7 Å². The Labute approximate surface area is 117 Å². The molecule has 5 nitrogen and oxygen atoms in total. The number of halogens is 1. The van der Waals surface area contributed by atoms with Crippen molar-refractivity contribution in [2.24, 2.45) is 0 Å². The summed E-state index contributed by atoms with van der Waals surface area (Å²) in [5.41, 5.74) is 0.461. The second kappa shape index (κ2) is 5.56. The number of nitrogens with one attached hydrogen (secondary N) is 1. The molecule has 0 saturated carbocycles. The topological polar surface area (TPSA) is 86.6 Å². The normalized spacial score (nSPS) is 12.3. The number of carboxylic acid groups (broad SMARTS) is 1. The van der Waals surface area contributed by atoms with Crippen LogP contribution in [0.3, 0.4) is 0 Å². The summed E-state index contributed by atoms with van der Waals surface area (Å²) in [6, 6.07) is 3.16. The van der Waals surface area contributed by atoms with E-state index < -0.39 is 30.3 Å². The van der Waals surface area contributed by atoms with Gasteiger partial charge in [0.25, 0.3) is 5.91 Å². The van der Waals surface area contributed by atoms with E-state index >= 15 is 0 Å². The number of rotatable bonds is 4. The second-order valence-electron chi connectivity index (χ2n) is 4.22. The zero-order chi connectivity index (χ0) is 14.9. The van der Waals surface area contributed by atoms with Crippen molar-refractivity contribution in [2.45, 2.75) is 13.0 Å². The number of aryl methyl sites for hydroxylation is 1. The predicted octanol–water partition coefficient (Wildman–Crippen LogP) is 1.52. The number of fused-ring (bicyclic) bond motifs is 1. The molecule has 0 unspecified atom stereocenters. The van der Waals surface area contributed by atoms with Crippen LogP contribution in [0.2, 0.25) is 0 Å². The molecule has 1 heterocycles. The van der Waals surface area contributed by atoms with E-state index in [0.717, 1.165) is 11.3 Å². The largest absolute Gasteiger partial charge is 0.480 e. The molecule has 106 valence electrons. The molecular weight excluding hydrogens is 285 g/mol. The van der Waals surface area contributed by atoms with Crippen LogP contribution in [0.25, 0.3) is 10.1 Å². The summed E-state index contributed by atoms with van der Waals surface area (Å²) >= 11 is 1.08. The number of carbonyl (C=O) groups is 2. The monoisotopic (exact) mass is 297 g/mol. The average molecular weight is 297 g/mol. The number of thiophene rings is 1. The Kier molecular flexibility index (Phi) is 4.01. The highest BCUT2D eigenvalue weighted by Gasteiger charge is 2.23. The van der Waals surface area contributed by atoms with Crippen LogP contribution >= 0.6 is 11.3 Å². The van der Waals surface area contributed by atoms with Crippen molar-refractivity contribution in [2.75, 3.05) is 6.61 Å². The first-order valence-corrected chi connectivity index (χ1v) is 6.59. The van der Waals surface area contributed by atoms with Gasteiger partial charge in [0.15, 0.2) is 6.04 Å². The molecule has 1 atom stereocenters. The van der Waals surface area contributed by atoms with Crippen LogP contribution < -0.4 is 5.32 Å². The first kappa shape index (κ1) is 14.4. The summed E-state index contributed by atoms with van der Waals surface area (Å²) in [6.07, 6.45) is 0.